The molecule has 1 N–H and O–H groups in total. The van der Waals surface area contributed by atoms with Crippen molar-refractivity contribution in [3.8, 4) is 5.75 Å². The number of ether oxygens (including phenoxy) is 1. The molecule has 1 heterocycles. The van der Waals surface area contributed by atoms with Gasteiger partial charge in [0.25, 0.3) is 0 Å². The number of aliphatic carboxylic acids is 1. The second kappa shape index (κ2) is 5.66. The first-order chi connectivity index (χ1) is 10.2. The zero-order valence-corrected chi connectivity index (χ0v) is 12.3. The lowest BCUT2D eigenvalue weighted by molar-refractivity contribution is -0.138. The van der Waals surface area contributed by atoms with Gasteiger partial charge in [0.05, 0.1) is 5.56 Å². The lowest BCUT2D eigenvalue weighted by Gasteiger charge is -2.39. The molecule has 2 rings (SSSR count). The fourth-order valence-electron chi connectivity index (χ4n) is 2.68. The Morgan fingerprint density at radius 3 is 2.50 bits per heavy atom. The van der Waals surface area contributed by atoms with E-state index in [0.717, 1.165) is 18.2 Å². The highest BCUT2D eigenvalue weighted by Gasteiger charge is 2.38. The summed E-state index contributed by atoms with van der Waals surface area (Å²) in [7, 11) is 0. The van der Waals surface area contributed by atoms with Crippen molar-refractivity contribution in [1.82, 2.24) is 0 Å². The third-order valence-electron chi connectivity index (χ3n) is 4.08. The first-order valence-electron chi connectivity index (χ1n) is 7.05. The highest BCUT2D eigenvalue weighted by molar-refractivity contribution is 5.91. The number of alkyl halides is 3. The number of carboxylic acid groups (broad SMARTS) is 1. The Hall–Kier alpha value is -1.98. The number of benzene rings is 1. The number of carbonyl (C=O) groups is 1. The fraction of sp³-hybridized carbons (Fsp3) is 0.438. The standard InChI is InChI=1S/C16H17F3O3/c1-3-15(4-2)9-10(7-14(20)21)12-6-5-11(16(17,18)19)8-13(12)22-15/h5-8H,3-4,9H2,1-2H3,(H,20,21). The van der Waals surface area contributed by atoms with E-state index in [2.05, 4.69) is 0 Å². The molecular formula is C16H17F3O3. The third kappa shape index (κ3) is 3.10. The second-order valence-electron chi connectivity index (χ2n) is 5.39. The highest BCUT2D eigenvalue weighted by Crippen LogP contribution is 2.45. The Balaban J connectivity index is 2.58. The molecule has 1 aliphatic rings. The molecule has 0 aromatic heterocycles. The van der Waals surface area contributed by atoms with Crippen LogP contribution in [-0.2, 0) is 11.0 Å². The molecule has 0 saturated carbocycles. The molecule has 0 radical (unpaired) electrons. The van der Waals surface area contributed by atoms with Crippen LogP contribution in [0, 0.1) is 0 Å². The number of rotatable bonds is 3. The maximum absolute atomic E-state index is 12.9. The van der Waals surface area contributed by atoms with Crippen molar-refractivity contribution in [2.24, 2.45) is 0 Å². The maximum Gasteiger partial charge on any atom is 0.416 e. The van der Waals surface area contributed by atoms with Gasteiger partial charge in [-0.2, -0.15) is 13.2 Å². The van der Waals surface area contributed by atoms with E-state index in [4.69, 9.17) is 9.84 Å². The van der Waals surface area contributed by atoms with Crippen LogP contribution in [0.1, 0.15) is 44.2 Å². The molecule has 1 aliphatic heterocycles. The van der Waals surface area contributed by atoms with Gasteiger partial charge in [-0.1, -0.05) is 19.9 Å². The Labute approximate surface area is 126 Å². The van der Waals surface area contributed by atoms with Crippen LogP contribution >= 0.6 is 0 Å². The van der Waals surface area contributed by atoms with Crippen LogP contribution in [0.2, 0.25) is 0 Å². The predicted octanol–water partition coefficient (Wildman–Crippen LogP) is 4.51. The van der Waals surface area contributed by atoms with Gasteiger partial charge in [-0.15, -0.1) is 0 Å². The molecule has 0 spiro atoms. The molecule has 3 nitrogen and oxygen atoms in total. The minimum absolute atomic E-state index is 0.0947. The zero-order chi connectivity index (χ0) is 16.5. The van der Waals surface area contributed by atoms with Gasteiger partial charge in [0.1, 0.15) is 11.4 Å². The number of halogens is 3. The molecular weight excluding hydrogens is 297 g/mol. The molecule has 0 aliphatic carbocycles. The van der Waals surface area contributed by atoms with Gasteiger partial charge in [-0.3, -0.25) is 0 Å². The summed E-state index contributed by atoms with van der Waals surface area (Å²) in [4.78, 5) is 11.0. The van der Waals surface area contributed by atoms with E-state index >= 15 is 0 Å². The summed E-state index contributed by atoms with van der Waals surface area (Å²) in [6.07, 6.45) is -1.89. The Kier molecular flexibility index (Phi) is 4.22. The molecule has 0 amide bonds. The summed E-state index contributed by atoms with van der Waals surface area (Å²) < 4.78 is 44.4. The predicted molar refractivity (Wildman–Crippen MR) is 75.6 cm³/mol. The third-order valence-corrected chi connectivity index (χ3v) is 4.08. The average molecular weight is 314 g/mol. The summed E-state index contributed by atoms with van der Waals surface area (Å²) >= 11 is 0. The van der Waals surface area contributed by atoms with Crippen molar-refractivity contribution in [3.05, 3.63) is 35.4 Å². The lowest BCUT2D eigenvalue weighted by atomic mass is 9.83. The van der Waals surface area contributed by atoms with Crippen molar-refractivity contribution in [2.75, 3.05) is 0 Å². The molecule has 22 heavy (non-hydrogen) atoms. The van der Waals surface area contributed by atoms with E-state index in [-0.39, 0.29) is 5.75 Å². The van der Waals surface area contributed by atoms with Gasteiger partial charge in [-0.25, -0.2) is 4.79 Å². The molecule has 1 aromatic carbocycles. The van der Waals surface area contributed by atoms with E-state index in [9.17, 15) is 18.0 Å². The van der Waals surface area contributed by atoms with Gasteiger partial charge in [0, 0.05) is 18.1 Å². The van der Waals surface area contributed by atoms with Crippen molar-refractivity contribution < 1.29 is 27.8 Å². The molecule has 0 fully saturated rings. The van der Waals surface area contributed by atoms with Crippen LogP contribution in [0.3, 0.4) is 0 Å². The molecule has 120 valence electrons. The summed E-state index contributed by atoms with van der Waals surface area (Å²) in [5.41, 5.74) is -0.568. The van der Waals surface area contributed by atoms with E-state index in [0.29, 0.717) is 30.4 Å². The number of fused-ring (bicyclic) bond motifs is 1. The number of hydrogen-bond acceptors (Lipinski definition) is 2. The summed E-state index contributed by atoms with van der Waals surface area (Å²) in [6, 6.07) is 3.18. The monoisotopic (exact) mass is 314 g/mol. The van der Waals surface area contributed by atoms with Crippen molar-refractivity contribution in [3.63, 3.8) is 0 Å². The van der Waals surface area contributed by atoms with E-state index in [1.807, 2.05) is 13.8 Å². The highest BCUT2D eigenvalue weighted by atomic mass is 19.4. The van der Waals surface area contributed by atoms with Crippen LogP contribution in [0.4, 0.5) is 13.2 Å². The van der Waals surface area contributed by atoms with Gasteiger partial charge in [0.15, 0.2) is 0 Å². The number of carboxylic acids is 1. The summed E-state index contributed by atoms with van der Waals surface area (Å²) in [5, 5.41) is 8.99. The Bertz CT molecular complexity index is 614. The summed E-state index contributed by atoms with van der Waals surface area (Å²) in [6.45, 7) is 3.75. The molecule has 0 unspecified atom stereocenters. The van der Waals surface area contributed by atoms with Crippen LogP contribution in [0.25, 0.3) is 5.57 Å². The van der Waals surface area contributed by atoms with Gasteiger partial charge >= 0.3 is 12.1 Å². The van der Waals surface area contributed by atoms with Gasteiger partial charge < -0.3 is 9.84 Å². The summed E-state index contributed by atoms with van der Waals surface area (Å²) in [5.74, 6) is -1.03. The topological polar surface area (TPSA) is 46.5 Å². The van der Waals surface area contributed by atoms with E-state index in [1.165, 1.54) is 6.07 Å². The first kappa shape index (κ1) is 16.4. The van der Waals surface area contributed by atoms with Gasteiger partial charge in [0.2, 0.25) is 0 Å². The number of hydrogen-bond donors (Lipinski definition) is 1. The normalized spacial score (nSPS) is 18.7. The lowest BCUT2D eigenvalue weighted by Crippen LogP contribution is -2.38. The van der Waals surface area contributed by atoms with E-state index in [1.54, 1.807) is 0 Å². The van der Waals surface area contributed by atoms with Crippen LogP contribution in [0.15, 0.2) is 24.3 Å². The molecule has 0 atom stereocenters. The molecule has 0 bridgehead atoms. The average Bonchev–Trinajstić information content (AvgIpc) is 2.44. The van der Waals surface area contributed by atoms with Gasteiger partial charge in [-0.05, 0) is 30.5 Å². The van der Waals surface area contributed by atoms with Crippen LogP contribution < -0.4 is 4.74 Å². The quantitative estimate of drug-likeness (QED) is 0.835. The zero-order valence-electron chi connectivity index (χ0n) is 12.3. The molecule has 6 heteroatoms. The van der Waals surface area contributed by atoms with E-state index < -0.39 is 23.3 Å². The minimum atomic E-state index is -4.46. The van der Waals surface area contributed by atoms with Crippen molar-refractivity contribution in [1.29, 1.82) is 0 Å². The van der Waals surface area contributed by atoms with Crippen LogP contribution in [0.5, 0.6) is 5.75 Å². The molecule has 0 saturated heterocycles. The second-order valence-corrected chi connectivity index (χ2v) is 5.39. The van der Waals surface area contributed by atoms with Crippen molar-refractivity contribution in [2.45, 2.75) is 44.9 Å². The van der Waals surface area contributed by atoms with Crippen molar-refractivity contribution >= 4 is 11.5 Å². The maximum atomic E-state index is 12.9. The Morgan fingerprint density at radius 1 is 1.36 bits per heavy atom. The fourth-order valence-corrected chi connectivity index (χ4v) is 2.68. The largest absolute Gasteiger partial charge is 0.486 e. The first-order valence-corrected chi connectivity index (χ1v) is 7.05. The Morgan fingerprint density at radius 2 is 2.00 bits per heavy atom. The SMILES string of the molecule is CCC1(CC)CC(=CC(=O)O)c2ccc(C(F)(F)F)cc2O1. The smallest absolute Gasteiger partial charge is 0.416 e. The molecule has 1 aromatic rings. The van der Waals surface area contributed by atoms with Crippen LogP contribution in [-0.4, -0.2) is 16.7 Å². The minimum Gasteiger partial charge on any atom is -0.486 e.